The van der Waals surface area contributed by atoms with Crippen molar-refractivity contribution in [3.05, 3.63) is 12.2 Å². The molecule has 0 aromatic heterocycles. The van der Waals surface area contributed by atoms with Crippen LogP contribution in [-0.4, -0.2) is 49.1 Å². The molecule has 194 valence electrons. The molecule has 0 radical (unpaired) electrons. The number of halogens is 9. The minimum atomic E-state index is -7.01. The number of alkyl halides is 9. The Morgan fingerprint density at radius 3 is 1.52 bits per heavy atom. The average molecular weight is 502 g/mol. The van der Waals surface area contributed by atoms with Gasteiger partial charge in [-0.3, -0.25) is 0 Å². The highest BCUT2D eigenvalue weighted by Crippen LogP contribution is 2.53. The predicted molar refractivity (Wildman–Crippen MR) is 99.2 cm³/mol. The van der Waals surface area contributed by atoms with Gasteiger partial charge in [-0.2, -0.15) is 39.5 Å². The number of unbranched alkanes of at least 4 members (excludes halogenated alkanes) is 7. The van der Waals surface area contributed by atoms with Gasteiger partial charge in [-0.25, -0.2) is 9.59 Å². The third-order valence-electron chi connectivity index (χ3n) is 4.47. The molecule has 0 saturated heterocycles. The molecule has 0 aromatic carbocycles. The maximum absolute atomic E-state index is 13.3. The molecule has 0 rings (SSSR count). The Bertz CT molecular complexity index is 632. The molecular formula is C20H27F9O4. The number of rotatable bonds is 16. The van der Waals surface area contributed by atoms with Crippen molar-refractivity contribution < 1.29 is 58.6 Å². The van der Waals surface area contributed by atoms with Crippen molar-refractivity contribution in [3.63, 3.8) is 0 Å². The van der Waals surface area contributed by atoms with E-state index in [2.05, 4.69) is 11.7 Å². The highest BCUT2D eigenvalue weighted by Gasteiger charge is 2.81. The molecule has 0 unspecified atom stereocenters. The summed E-state index contributed by atoms with van der Waals surface area (Å²) < 4.78 is 123. The van der Waals surface area contributed by atoms with Gasteiger partial charge in [-0.1, -0.05) is 51.9 Å². The molecule has 0 aliphatic carbocycles. The van der Waals surface area contributed by atoms with Gasteiger partial charge in [0, 0.05) is 12.2 Å². The van der Waals surface area contributed by atoms with Crippen molar-refractivity contribution in [1.82, 2.24) is 0 Å². The van der Waals surface area contributed by atoms with Gasteiger partial charge in [0.05, 0.1) is 19.6 Å². The minimum absolute atomic E-state index is 0.0574. The lowest BCUT2D eigenvalue weighted by Gasteiger charge is -2.33. The van der Waals surface area contributed by atoms with Crippen LogP contribution in [0.3, 0.4) is 0 Å². The Balaban J connectivity index is 4.28. The third-order valence-corrected chi connectivity index (χ3v) is 4.47. The van der Waals surface area contributed by atoms with Crippen molar-refractivity contribution >= 4 is 11.9 Å². The van der Waals surface area contributed by atoms with E-state index < -0.39 is 48.9 Å². The molecule has 0 bridgehead atoms. The molecule has 0 heterocycles. The topological polar surface area (TPSA) is 52.6 Å². The van der Waals surface area contributed by atoms with Crippen LogP contribution < -0.4 is 0 Å². The first kappa shape index (κ1) is 31.0. The van der Waals surface area contributed by atoms with E-state index in [9.17, 15) is 49.1 Å². The summed E-state index contributed by atoms with van der Waals surface area (Å²) in [6.07, 6.45) is -0.257. The first-order valence-electron chi connectivity index (χ1n) is 10.3. The van der Waals surface area contributed by atoms with Crippen molar-refractivity contribution in [2.24, 2.45) is 0 Å². The summed E-state index contributed by atoms with van der Waals surface area (Å²) >= 11 is 0. The lowest BCUT2D eigenvalue weighted by atomic mass is 10.0. The fraction of sp³-hybridized carbons (Fsp3) is 0.800. The molecule has 0 N–H and O–H groups in total. The highest BCUT2D eigenvalue weighted by molar-refractivity contribution is 5.91. The van der Waals surface area contributed by atoms with Gasteiger partial charge < -0.3 is 9.47 Å². The Kier molecular flexibility index (Phi) is 12.9. The van der Waals surface area contributed by atoms with E-state index in [1.807, 2.05) is 0 Å². The van der Waals surface area contributed by atoms with Gasteiger partial charge in [-0.05, 0) is 6.42 Å². The first-order valence-corrected chi connectivity index (χ1v) is 10.3. The van der Waals surface area contributed by atoms with E-state index in [0.29, 0.717) is 18.6 Å². The third kappa shape index (κ3) is 10.2. The fourth-order valence-corrected chi connectivity index (χ4v) is 2.49. The zero-order valence-corrected chi connectivity index (χ0v) is 18.0. The first-order chi connectivity index (χ1) is 15.1. The summed E-state index contributed by atoms with van der Waals surface area (Å²) in [6.45, 7) is 0.559. The molecule has 13 heteroatoms. The quantitative estimate of drug-likeness (QED) is 0.103. The number of esters is 2. The lowest BCUT2D eigenvalue weighted by Crippen LogP contribution is -2.61. The van der Waals surface area contributed by atoms with Gasteiger partial charge >= 0.3 is 35.9 Å². The van der Waals surface area contributed by atoms with Gasteiger partial charge in [0.15, 0.2) is 0 Å². The van der Waals surface area contributed by atoms with Gasteiger partial charge in [0.1, 0.15) is 0 Å². The van der Waals surface area contributed by atoms with Crippen LogP contribution in [-0.2, 0) is 19.1 Å². The monoisotopic (exact) mass is 502 g/mol. The predicted octanol–water partition coefficient (Wildman–Crippen LogP) is 6.63. The second kappa shape index (κ2) is 13.7. The van der Waals surface area contributed by atoms with E-state index >= 15 is 0 Å². The standard InChI is InChI=1S/C20H27F9O4/c1-2-3-4-5-6-7-8-9-13-32-15(30)10-11-16(31)33-14-12-17(21,22)18(23,24)19(25,26)20(27,28)29/h10-11H,2-9,12-14H2,1H3. The van der Waals surface area contributed by atoms with Crippen LogP contribution in [0.25, 0.3) is 0 Å². The highest BCUT2D eigenvalue weighted by atomic mass is 19.4. The molecule has 33 heavy (non-hydrogen) atoms. The summed E-state index contributed by atoms with van der Waals surface area (Å²) in [4.78, 5) is 22.7. The largest absolute Gasteiger partial charge is 0.463 e. The van der Waals surface area contributed by atoms with Gasteiger partial charge in [0.2, 0.25) is 0 Å². The number of carbonyl (C=O) groups excluding carboxylic acids is 2. The Hall–Kier alpha value is -1.95. The molecule has 0 aromatic rings. The summed E-state index contributed by atoms with van der Waals surface area (Å²) in [6, 6.07) is 0. The fourth-order valence-electron chi connectivity index (χ4n) is 2.49. The smallest absolute Gasteiger partial charge is 0.460 e. The van der Waals surface area contributed by atoms with E-state index in [4.69, 9.17) is 4.74 Å². The molecule has 0 fully saturated rings. The van der Waals surface area contributed by atoms with E-state index in [-0.39, 0.29) is 6.61 Å². The molecule has 0 spiro atoms. The molecule has 0 aliphatic heterocycles. The minimum Gasteiger partial charge on any atom is -0.463 e. The Labute approximate surface area is 185 Å². The number of ether oxygens (including phenoxy) is 2. The summed E-state index contributed by atoms with van der Waals surface area (Å²) in [7, 11) is 0. The van der Waals surface area contributed by atoms with E-state index in [1.165, 1.54) is 6.42 Å². The van der Waals surface area contributed by atoms with Crippen LogP contribution in [0.4, 0.5) is 39.5 Å². The SMILES string of the molecule is CCCCCCCCCCOC(=O)C=CC(=O)OCCC(F)(F)C(F)(F)C(F)(F)C(F)(F)F. The molecule has 0 atom stereocenters. The molecule has 0 saturated carbocycles. The zero-order chi connectivity index (χ0) is 25.8. The second-order valence-corrected chi connectivity index (χ2v) is 7.24. The van der Waals surface area contributed by atoms with Crippen LogP contribution in [0.1, 0.15) is 64.7 Å². The van der Waals surface area contributed by atoms with Gasteiger partial charge in [0.25, 0.3) is 0 Å². The normalized spacial score (nSPS) is 13.4. The summed E-state index contributed by atoms with van der Waals surface area (Å²) in [5.41, 5.74) is 0. The van der Waals surface area contributed by atoms with Crippen LogP contribution in [0.2, 0.25) is 0 Å². The molecule has 4 nitrogen and oxygen atoms in total. The van der Waals surface area contributed by atoms with Crippen molar-refractivity contribution in [2.45, 2.75) is 88.7 Å². The second-order valence-electron chi connectivity index (χ2n) is 7.24. The number of hydrogen-bond donors (Lipinski definition) is 0. The molecule has 0 amide bonds. The Morgan fingerprint density at radius 1 is 0.636 bits per heavy atom. The van der Waals surface area contributed by atoms with Crippen LogP contribution >= 0.6 is 0 Å². The van der Waals surface area contributed by atoms with Crippen molar-refractivity contribution in [3.8, 4) is 0 Å². The summed E-state index contributed by atoms with van der Waals surface area (Å²) in [5.74, 6) is -22.1. The number of carbonyl (C=O) groups is 2. The van der Waals surface area contributed by atoms with Crippen molar-refractivity contribution in [2.75, 3.05) is 13.2 Å². The lowest BCUT2D eigenvalue weighted by molar-refractivity contribution is -0.397. The van der Waals surface area contributed by atoms with Crippen molar-refractivity contribution in [1.29, 1.82) is 0 Å². The zero-order valence-electron chi connectivity index (χ0n) is 18.0. The van der Waals surface area contributed by atoms with Crippen LogP contribution in [0, 0.1) is 0 Å². The molecule has 0 aliphatic rings. The maximum atomic E-state index is 13.3. The molecular weight excluding hydrogens is 475 g/mol. The maximum Gasteiger partial charge on any atom is 0.460 e. The van der Waals surface area contributed by atoms with E-state index in [1.54, 1.807) is 0 Å². The average Bonchev–Trinajstić information content (AvgIpc) is 2.69. The Morgan fingerprint density at radius 2 is 1.06 bits per heavy atom. The van der Waals surface area contributed by atoms with Crippen LogP contribution in [0.15, 0.2) is 12.2 Å². The summed E-state index contributed by atoms with van der Waals surface area (Å²) in [5, 5.41) is 0. The van der Waals surface area contributed by atoms with E-state index in [0.717, 1.165) is 38.5 Å². The van der Waals surface area contributed by atoms with Crippen LogP contribution in [0.5, 0.6) is 0 Å². The number of hydrogen-bond acceptors (Lipinski definition) is 4. The van der Waals surface area contributed by atoms with Gasteiger partial charge in [-0.15, -0.1) is 0 Å².